The molecule has 35 heavy (non-hydrogen) atoms. The second kappa shape index (κ2) is 8.66. The smallest absolute Gasteiger partial charge is 0.255 e. The zero-order chi connectivity index (χ0) is 26.0. The molecule has 0 bridgehead atoms. The molecule has 1 aromatic rings. The number of nitrogens with zero attached hydrogens (tertiary/aromatic N) is 1. The molecule has 0 heterocycles. The zero-order valence-electron chi connectivity index (χ0n) is 19.7. The van der Waals surface area contributed by atoms with E-state index in [4.69, 9.17) is 11.5 Å². The van der Waals surface area contributed by atoms with Crippen LogP contribution in [-0.2, 0) is 33.1 Å². The van der Waals surface area contributed by atoms with Gasteiger partial charge in [-0.25, -0.2) is 0 Å². The Morgan fingerprint density at radius 3 is 2.43 bits per heavy atom. The predicted octanol–water partition coefficient (Wildman–Crippen LogP) is 0.286. The third-order valence-electron chi connectivity index (χ3n) is 7.41. The van der Waals surface area contributed by atoms with Gasteiger partial charge in [0.05, 0.1) is 11.6 Å². The quantitative estimate of drug-likeness (QED) is 0.305. The van der Waals surface area contributed by atoms with Gasteiger partial charge in [0, 0.05) is 29.4 Å². The average Bonchev–Trinajstić information content (AvgIpc) is 2.77. The molecule has 1 fully saturated rings. The Morgan fingerprint density at radius 1 is 1.23 bits per heavy atom. The number of amides is 1. The Kier molecular flexibility index (Phi) is 6.25. The second-order valence-corrected chi connectivity index (χ2v) is 10.4. The number of hydrogen-bond acceptors (Lipinski definition) is 10. The molecule has 3 aliphatic carbocycles. The highest BCUT2D eigenvalue weighted by Gasteiger charge is 2.64. The molecule has 0 aliphatic heterocycles. The summed E-state index contributed by atoms with van der Waals surface area (Å²) in [4.78, 5) is 40.4. The van der Waals surface area contributed by atoms with E-state index < -0.39 is 58.0 Å². The fourth-order valence-corrected chi connectivity index (χ4v) is 6.43. The normalized spacial score (nSPS) is 28.2. The number of fused-ring (bicyclic) bond motifs is 3. The van der Waals surface area contributed by atoms with E-state index in [2.05, 4.69) is 0 Å². The summed E-state index contributed by atoms with van der Waals surface area (Å²) in [5.74, 6) is -6.14. The largest absolute Gasteiger partial charge is 0.508 e. The molecule has 0 aromatic heterocycles. The van der Waals surface area contributed by atoms with Crippen molar-refractivity contribution in [1.82, 2.24) is 4.90 Å². The van der Waals surface area contributed by atoms with Gasteiger partial charge in [-0.1, -0.05) is 0 Å². The molecule has 1 saturated carbocycles. The number of ketones is 2. The van der Waals surface area contributed by atoms with Crippen molar-refractivity contribution in [2.45, 2.75) is 36.8 Å². The minimum absolute atomic E-state index is 0.0447. The number of primary amides is 1. The molecule has 4 atom stereocenters. The second-order valence-electron chi connectivity index (χ2n) is 9.50. The molecular formula is C24H29N3O7S. The van der Waals surface area contributed by atoms with E-state index in [1.165, 1.54) is 16.7 Å². The van der Waals surface area contributed by atoms with Crippen molar-refractivity contribution in [3.05, 3.63) is 45.2 Å². The number of Topliss-reactive ketones (excluding diaryl/α,β-unsaturated/α-hetero) is 2. The Hall–Kier alpha value is -2.86. The summed E-state index contributed by atoms with van der Waals surface area (Å²) in [5.41, 5.74) is 9.58. The zero-order valence-corrected chi connectivity index (χ0v) is 20.5. The monoisotopic (exact) mass is 503 g/mol. The number of aliphatic hydroxyl groups is 3. The van der Waals surface area contributed by atoms with Crippen molar-refractivity contribution >= 4 is 35.0 Å². The summed E-state index contributed by atoms with van der Waals surface area (Å²) in [6.07, 6.45) is 2.13. The van der Waals surface area contributed by atoms with Crippen LogP contribution in [0.15, 0.2) is 23.0 Å². The topological polar surface area (TPSA) is 187 Å². The molecule has 0 spiro atoms. The van der Waals surface area contributed by atoms with Crippen LogP contribution in [0.25, 0.3) is 5.76 Å². The number of hydrogen-bond donors (Lipinski definition) is 6. The van der Waals surface area contributed by atoms with E-state index in [9.17, 15) is 34.8 Å². The van der Waals surface area contributed by atoms with Crippen molar-refractivity contribution in [1.29, 1.82) is 0 Å². The number of likely N-dealkylation sites (N-methyl/N-ethyl adjacent to an activating group) is 1. The van der Waals surface area contributed by atoms with Crippen molar-refractivity contribution in [2.75, 3.05) is 20.4 Å². The van der Waals surface area contributed by atoms with Gasteiger partial charge in [0.25, 0.3) is 5.91 Å². The molecule has 4 unspecified atom stereocenters. The first-order valence-corrected chi connectivity index (χ1v) is 12.5. The summed E-state index contributed by atoms with van der Waals surface area (Å²) in [6, 6.07) is 0.670. The number of rotatable bonds is 5. The van der Waals surface area contributed by atoms with Gasteiger partial charge in [-0.05, 0) is 56.3 Å². The van der Waals surface area contributed by atoms with Crippen LogP contribution >= 0.6 is 11.8 Å². The maximum absolute atomic E-state index is 13.8. The molecule has 10 nitrogen and oxygen atoms in total. The molecular weight excluding hydrogens is 474 g/mol. The Bertz CT molecular complexity index is 1220. The minimum Gasteiger partial charge on any atom is -0.508 e. The lowest BCUT2D eigenvalue weighted by Gasteiger charge is -2.50. The van der Waals surface area contributed by atoms with Gasteiger partial charge in [-0.2, -0.15) is 11.8 Å². The number of carbonyl (C=O) groups is 3. The summed E-state index contributed by atoms with van der Waals surface area (Å²) < 4.78 is 0. The van der Waals surface area contributed by atoms with Gasteiger partial charge in [-0.15, -0.1) is 0 Å². The average molecular weight is 504 g/mol. The van der Waals surface area contributed by atoms with Crippen LogP contribution in [0.3, 0.4) is 0 Å². The van der Waals surface area contributed by atoms with Crippen LogP contribution in [0.5, 0.6) is 5.75 Å². The number of benzene rings is 1. The number of phenols is 1. The van der Waals surface area contributed by atoms with Crippen LogP contribution in [0, 0.1) is 11.8 Å². The van der Waals surface area contributed by atoms with Crippen LogP contribution in [0.4, 0.5) is 0 Å². The fourth-order valence-electron chi connectivity index (χ4n) is 5.90. The lowest BCUT2D eigenvalue weighted by molar-refractivity contribution is -0.153. The van der Waals surface area contributed by atoms with Crippen LogP contribution < -0.4 is 11.5 Å². The lowest BCUT2D eigenvalue weighted by atomic mass is 9.57. The van der Waals surface area contributed by atoms with Crippen molar-refractivity contribution in [3.63, 3.8) is 0 Å². The minimum atomic E-state index is -2.65. The maximum Gasteiger partial charge on any atom is 0.255 e. The summed E-state index contributed by atoms with van der Waals surface area (Å²) in [6.45, 7) is 0.144. The van der Waals surface area contributed by atoms with Gasteiger partial charge in [0.1, 0.15) is 22.8 Å². The number of thioether (sulfide) groups is 1. The van der Waals surface area contributed by atoms with Gasteiger partial charge >= 0.3 is 0 Å². The molecule has 3 aliphatic rings. The van der Waals surface area contributed by atoms with Gasteiger partial charge in [-0.3, -0.25) is 19.3 Å². The molecule has 1 aromatic carbocycles. The van der Waals surface area contributed by atoms with E-state index in [1.807, 2.05) is 6.26 Å². The molecule has 0 radical (unpaired) electrons. The van der Waals surface area contributed by atoms with E-state index >= 15 is 0 Å². The van der Waals surface area contributed by atoms with Crippen LogP contribution in [0.2, 0.25) is 0 Å². The van der Waals surface area contributed by atoms with Crippen molar-refractivity contribution in [3.8, 4) is 5.75 Å². The van der Waals surface area contributed by atoms with Crippen LogP contribution in [0.1, 0.15) is 28.7 Å². The lowest BCUT2D eigenvalue weighted by Crippen LogP contribution is -2.65. The standard InChI is InChI=1S/C24H29N3O7S/c1-27(2)17-13-6-9-5-12-10(7-25)4-11(8-35-3)18(28)15(12)19(29)14(9)21(31)24(13,34)22(32)16(20(17)30)23(26)33/h4,9,13,17,28-29,32,34H,5-8,25H2,1-3H3,(H2,26,33). The summed E-state index contributed by atoms with van der Waals surface area (Å²) >= 11 is 1.46. The first-order chi connectivity index (χ1) is 16.4. The first kappa shape index (κ1) is 25.2. The highest BCUT2D eigenvalue weighted by Crippen LogP contribution is 2.53. The third kappa shape index (κ3) is 3.40. The van der Waals surface area contributed by atoms with Gasteiger partial charge in [0.2, 0.25) is 5.78 Å². The van der Waals surface area contributed by atoms with Crippen molar-refractivity contribution in [2.24, 2.45) is 23.3 Å². The summed E-state index contributed by atoms with van der Waals surface area (Å²) in [5, 5.41) is 44.7. The Labute approximate surface area is 206 Å². The molecule has 0 saturated heterocycles. The maximum atomic E-state index is 13.8. The fraction of sp³-hybridized carbons (Fsp3) is 0.458. The van der Waals surface area contributed by atoms with E-state index in [0.29, 0.717) is 22.4 Å². The number of nitrogens with two attached hydrogens (primary N) is 2. The van der Waals surface area contributed by atoms with Crippen molar-refractivity contribution < 1.29 is 34.8 Å². The van der Waals surface area contributed by atoms with Gasteiger partial charge < -0.3 is 31.9 Å². The van der Waals surface area contributed by atoms with Gasteiger partial charge in [0.15, 0.2) is 11.4 Å². The molecule has 1 amide bonds. The number of carbonyl (C=O) groups excluding carboxylic acids is 3. The molecule has 188 valence electrons. The molecule has 11 heteroatoms. The van der Waals surface area contributed by atoms with E-state index in [1.54, 1.807) is 20.2 Å². The number of aliphatic hydroxyl groups excluding tert-OH is 2. The highest BCUT2D eigenvalue weighted by atomic mass is 32.2. The Morgan fingerprint density at radius 2 is 1.89 bits per heavy atom. The molecule has 8 N–H and O–H groups in total. The summed E-state index contributed by atoms with van der Waals surface area (Å²) in [7, 11) is 3.12. The first-order valence-electron chi connectivity index (χ1n) is 11.1. The third-order valence-corrected chi connectivity index (χ3v) is 8.01. The Balaban J connectivity index is 1.99. The number of phenolic OH excluding ortho intramolecular Hbond substituents is 1. The van der Waals surface area contributed by atoms with E-state index in [0.717, 1.165) is 0 Å². The highest BCUT2D eigenvalue weighted by molar-refractivity contribution is 7.97. The van der Waals surface area contributed by atoms with Crippen LogP contribution in [-0.4, -0.2) is 74.8 Å². The predicted molar refractivity (Wildman–Crippen MR) is 129 cm³/mol. The van der Waals surface area contributed by atoms with E-state index in [-0.39, 0.29) is 36.3 Å². The molecule has 4 rings (SSSR count). The number of aromatic hydroxyl groups is 1. The SMILES string of the molecule is CSCc1cc(CN)c2c(c1O)C(O)=C1C(=O)C3(O)C(O)=C(C(N)=O)C(=O)C(N(C)C)C3CC1C2.